The van der Waals surface area contributed by atoms with Crippen LogP contribution in [-0.2, 0) is 21.2 Å². The summed E-state index contributed by atoms with van der Waals surface area (Å²) in [6, 6.07) is 17.1. The van der Waals surface area contributed by atoms with Crippen LogP contribution in [0.5, 0.6) is 11.5 Å². The number of nitrogens with zero attached hydrogens (tertiary/aromatic N) is 1. The van der Waals surface area contributed by atoms with Gasteiger partial charge in [0, 0.05) is 25.9 Å². The van der Waals surface area contributed by atoms with Gasteiger partial charge in [-0.05, 0) is 42.5 Å². The first-order valence-corrected chi connectivity index (χ1v) is 11.6. The third-order valence-corrected chi connectivity index (χ3v) is 6.76. The highest BCUT2D eigenvalue weighted by molar-refractivity contribution is 7.89. The molecular formula is C23H26N2O5S. The van der Waals surface area contributed by atoms with E-state index in [-0.39, 0.29) is 17.2 Å². The quantitative estimate of drug-likeness (QED) is 0.493. The van der Waals surface area contributed by atoms with Gasteiger partial charge in [0.2, 0.25) is 15.9 Å². The second-order valence-electron chi connectivity index (χ2n) is 6.79. The summed E-state index contributed by atoms with van der Waals surface area (Å²) in [6.07, 6.45) is 2.18. The van der Waals surface area contributed by atoms with Crippen LogP contribution in [0.4, 0.5) is 5.69 Å². The molecule has 0 saturated heterocycles. The van der Waals surface area contributed by atoms with E-state index in [2.05, 4.69) is 5.32 Å². The van der Waals surface area contributed by atoms with Crippen molar-refractivity contribution < 1.29 is 22.4 Å². The lowest BCUT2D eigenvalue weighted by atomic mass is 10.2. The molecule has 0 spiro atoms. The Bertz CT molecular complexity index is 1090. The molecule has 3 rings (SSSR count). The Morgan fingerprint density at radius 2 is 1.77 bits per heavy atom. The first-order valence-electron chi connectivity index (χ1n) is 10.1. The minimum absolute atomic E-state index is 0.0953. The third kappa shape index (κ3) is 5.74. The molecule has 7 nitrogen and oxygen atoms in total. The first-order chi connectivity index (χ1) is 14.9. The Labute approximate surface area is 182 Å². The fourth-order valence-electron chi connectivity index (χ4n) is 3.09. The predicted octanol–water partition coefficient (Wildman–Crippen LogP) is 4.67. The van der Waals surface area contributed by atoms with E-state index in [1.54, 1.807) is 50.4 Å². The minimum atomic E-state index is -3.69. The van der Waals surface area contributed by atoms with Crippen LogP contribution in [0.1, 0.15) is 26.0 Å². The monoisotopic (exact) mass is 442 g/mol. The van der Waals surface area contributed by atoms with Crippen LogP contribution in [0.3, 0.4) is 0 Å². The molecule has 0 aliphatic heterocycles. The molecule has 1 N–H and O–H groups in total. The van der Waals surface area contributed by atoms with Crippen LogP contribution >= 0.6 is 0 Å². The lowest BCUT2D eigenvalue weighted by molar-refractivity contribution is -0.116. The highest BCUT2D eigenvalue weighted by Crippen LogP contribution is 2.33. The zero-order valence-corrected chi connectivity index (χ0v) is 18.4. The Kier molecular flexibility index (Phi) is 7.49. The van der Waals surface area contributed by atoms with Crippen molar-refractivity contribution in [2.45, 2.75) is 31.6 Å². The van der Waals surface area contributed by atoms with Gasteiger partial charge in [0.25, 0.3) is 0 Å². The van der Waals surface area contributed by atoms with Crippen molar-refractivity contribution in [2.24, 2.45) is 0 Å². The zero-order chi connectivity index (χ0) is 22.3. The Morgan fingerprint density at radius 3 is 2.42 bits per heavy atom. The van der Waals surface area contributed by atoms with Gasteiger partial charge in [0.05, 0.1) is 16.8 Å². The Balaban J connectivity index is 1.88. The van der Waals surface area contributed by atoms with Gasteiger partial charge in [-0.15, -0.1) is 0 Å². The summed E-state index contributed by atoms with van der Waals surface area (Å²) >= 11 is 0. The van der Waals surface area contributed by atoms with Gasteiger partial charge in [-0.25, -0.2) is 8.42 Å². The number of aryl methyl sites for hydroxylation is 1. The highest BCUT2D eigenvalue weighted by atomic mass is 32.2. The molecule has 1 amide bonds. The van der Waals surface area contributed by atoms with Crippen molar-refractivity contribution in [1.82, 2.24) is 4.31 Å². The van der Waals surface area contributed by atoms with E-state index in [1.165, 1.54) is 16.4 Å². The maximum atomic E-state index is 12.9. The van der Waals surface area contributed by atoms with E-state index >= 15 is 0 Å². The van der Waals surface area contributed by atoms with Gasteiger partial charge in [0.1, 0.15) is 11.5 Å². The number of carbonyl (C=O) groups excluding carboxylic acids is 1. The number of anilines is 1. The van der Waals surface area contributed by atoms with Crippen molar-refractivity contribution in [2.75, 3.05) is 18.4 Å². The van der Waals surface area contributed by atoms with Crippen LogP contribution in [0, 0.1) is 0 Å². The van der Waals surface area contributed by atoms with E-state index < -0.39 is 10.0 Å². The average molecular weight is 443 g/mol. The number of ether oxygens (including phenoxy) is 1. The second-order valence-corrected chi connectivity index (χ2v) is 8.73. The van der Waals surface area contributed by atoms with Crippen molar-refractivity contribution in [3.63, 3.8) is 0 Å². The number of amides is 1. The topological polar surface area (TPSA) is 88.9 Å². The number of para-hydroxylation sites is 1. The molecule has 0 radical (unpaired) electrons. The summed E-state index contributed by atoms with van der Waals surface area (Å²) in [5, 5.41) is 2.79. The molecule has 31 heavy (non-hydrogen) atoms. The predicted molar refractivity (Wildman–Crippen MR) is 119 cm³/mol. The summed E-state index contributed by atoms with van der Waals surface area (Å²) in [6.45, 7) is 4.27. The van der Waals surface area contributed by atoms with Crippen molar-refractivity contribution in [1.29, 1.82) is 0 Å². The van der Waals surface area contributed by atoms with E-state index in [0.717, 1.165) is 0 Å². The lowest BCUT2D eigenvalue weighted by Gasteiger charge is -2.20. The molecule has 1 aromatic heterocycles. The molecule has 3 aromatic rings. The molecule has 0 atom stereocenters. The maximum Gasteiger partial charge on any atom is 0.243 e. The Morgan fingerprint density at radius 1 is 1.03 bits per heavy atom. The zero-order valence-electron chi connectivity index (χ0n) is 17.6. The fourth-order valence-corrected chi connectivity index (χ4v) is 4.57. The molecule has 0 unspecified atom stereocenters. The van der Waals surface area contributed by atoms with Gasteiger partial charge < -0.3 is 14.5 Å². The van der Waals surface area contributed by atoms with Crippen LogP contribution in [0.2, 0.25) is 0 Å². The normalized spacial score (nSPS) is 11.5. The van der Waals surface area contributed by atoms with E-state index in [9.17, 15) is 13.2 Å². The van der Waals surface area contributed by atoms with Gasteiger partial charge >= 0.3 is 0 Å². The van der Waals surface area contributed by atoms with Gasteiger partial charge in [0.15, 0.2) is 5.75 Å². The molecule has 0 aliphatic rings. The fraction of sp³-hybridized carbons (Fsp3) is 0.261. The summed E-state index contributed by atoms with van der Waals surface area (Å²) in [4.78, 5) is 12.6. The summed E-state index contributed by atoms with van der Waals surface area (Å²) in [5.74, 6) is 1.37. The summed E-state index contributed by atoms with van der Waals surface area (Å²) < 4.78 is 38.4. The maximum absolute atomic E-state index is 12.9. The number of rotatable bonds is 10. The number of sulfonamides is 1. The Hall–Kier alpha value is -3.10. The molecule has 1 heterocycles. The number of hydrogen-bond donors (Lipinski definition) is 1. The SMILES string of the molecule is CCN(CC)S(=O)(=O)c1ccc(Oc2ccccc2)c(NC(=O)CCc2ccco2)c1. The highest BCUT2D eigenvalue weighted by Gasteiger charge is 2.23. The average Bonchev–Trinajstić information content (AvgIpc) is 3.28. The molecular weight excluding hydrogens is 416 g/mol. The van der Waals surface area contributed by atoms with Crippen molar-refractivity contribution in [3.8, 4) is 11.5 Å². The number of furan rings is 1. The first kappa shape index (κ1) is 22.6. The second kappa shape index (κ2) is 10.3. The molecule has 2 aromatic carbocycles. The van der Waals surface area contributed by atoms with E-state index in [0.29, 0.717) is 42.5 Å². The standard InChI is InChI=1S/C23H26N2O5S/c1-3-25(4-2)31(27,28)20-13-14-22(30-19-9-6-5-7-10-19)21(17-20)24-23(26)15-12-18-11-8-16-29-18/h5-11,13-14,16-17H,3-4,12,15H2,1-2H3,(H,24,26). The molecule has 0 saturated carbocycles. The van der Waals surface area contributed by atoms with Gasteiger partial charge in [-0.2, -0.15) is 4.31 Å². The van der Waals surface area contributed by atoms with Gasteiger partial charge in [-0.3, -0.25) is 4.79 Å². The number of benzene rings is 2. The lowest BCUT2D eigenvalue weighted by Crippen LogP contribution is -2.30. The molecule has 8 heteroatoms. The van der Waals surface area contributed by atoms with Gasteiger partial charge in [-0.1, -0.05) is 32.0 Å². The molecule has 0 fully saturated rings. The largest absolute Gasteiger partial charge is 0.469 e. The molecule has 0 bridgehead atoms. The third-order valence-electron chi connectivity index (χ3n) is 4.72. The van der Waals surface area contributed by atoms with Crippen molar-refractivity contribution in [3.05, 3.63) is 72.7 Å². The van der Waals surface area contributed by atoms with Crippen LogP contribution in [-0.4, -0.2) is 31.7 Å². The minimum Gasteiger partial charge on any atom is -0.469 e. The van der Waals surface area contributed by atoms with E-state index in [1.807, 2.05) is 18.2 Å². The number of hydrogen-bond acceptors (Lipinski definition) is 5. The number of carbonyl (C=O) groups is 1. The summed E-state index contributed by atoms with van der Waals surface area (Å²) in [7, 11) is -3.69. The summed E-state index contributed by atoms with van der Waals surface area (Å²) in [5.41, 5.74) is 0.293. The van der Waals surface area contributed by atoms with E-state index in [4.69, 9.17) is 9.15 Å². The molecule has 0 aliphatic carbocycles. The molecule has 164 valence electrons. The smallest absolute Gasteiger partial charge is 0.243 e. The van der Waals surface area contributed by atoms with Crippen molar-refractivity contribution >= 4 is 21.6 Å². The van der Waals surface area contributed by atoms with Crippen LogP contribution in [0.25, 0.3) is 0 Å². The van der Waals surface area contributed by atoms with Crippen LogP contribution < -0.4 is 10.1 Å². The number of nitrogens with one attached hydrogen (secondary N) is 1. The van der Waals surface area contributed by atoms with Crippen LogP contribution in [0.15, 0.2) is 76.2 Å².